The first-order valence-corrected chi connectivity index (χ1v) is 5.66. The number of fused-ring (bicyclic) bond motifs is 1. The minimum absolute atomic E-state index is 0.185. The predicted octanol–water partition coefficient (Wildman–Crippen LogP) is 2.35. The van der Waals surface area contributed by atoms with Gasteiger partial charge in [0.2, 0.25) is 0 Å². The highest BCUT2D eigenvalue weighted by Crippen LogP contribution is 2.55. The van der Waals surface area contributed by atoms with E-state index in [0.29, 0.717) is 16.5 Å². The van der Waals surface area contributed by atoms with Crippen molar-refractivity contribution in [1.82, 2.24) is 4.98 Å². The first-order chi connectivity index (χ1) is 8.88. The first-order valence-electron chi connectivity index (χ1n) is 5.66. The SMILES string of the molecule is O=C(O)c1cc2ccc(C3CC3(F)F)cc2[nH]c1=O. The van der Waals surface area contributed by atoms with Gasteiger partial charge in [0.05, 0.1) is 5.92 Å². The van der Waals surface area contributed by atoms with E-state index >= 15 is 0 Å². The first kappa shape index (κ1) is 11.8. The summed E-state index contributed by atoms with van der Waals surface area (Å²) in [6.07, 6.45) is -0.185. The van der Waals surface area contributed by atoms with Gasteiger partial charge in [-0.05, 0) is 23.1 Å². The van der Waals surface area contributed by atoms with Crippen molar-refractivity contribution in [3.8, 4) is 0 Å². The molecule has 2 N–H and O–H groups in total. The molecule has 2 aromatic rings. The number of alkyl halides is 2. The lowest BCUT2D eigenvalue weighted by Crippen LogP contribution is -2.17. The molecule has 1 atom stereocenters. The second kappa shape index (κ2) is 3.63. The summed E-state index contributed by atoms with van der Waals surface area (Å²) in [5, 5.41) is 9.33. The monoisotopic (exact) mass is 265 g/mol. The second-order valence-corrected chi connectivity index (χ2v) is 4.68. The van der Waals surface area contributed by atoms with Crippen molar-refractivity contribution in [2.75, 3.05) is 0 Å². The van der Waals surface area contributed by atoms with Crippen molar-refractivity contribution < 1.29 is 18.7 Å². The summed E-state index contributed by atoms with van der Waals surface area (Å²) in [5.41, 5.74) is -0.275. The fraction of sp³-hybridized carbons (Fsp3) is 0.231. The molecular weight excluding hydrogens is 256 g/mol. The van der Waals surface area contributed by atoms with Crippen LogP contribution in [-0.2, 0) is 0 Å². The van der Waals surface area contributed by atoms with Crippen molar-refractivity contribution in [2.24, 2.45) is 0 Å². The number of pyridine rings is 1. The Morgan fingerprint density at radius 1 is 1.37 bits per heavy atom. The number of carboxylic acid groups (broad SMARTS) is 1. The largest absolute Gasteiger partial charge is 0.477 e. The lowest BCUT2D eigenvalue weighted by atomic mass is 10.1. The van der Waals surface area contributed by atoms with Crippen LogP contribution in [-0.4, -0.2) is 22.0 Å². The van der Waals surface area contributed by atoms with Gasteiger partial charge in [-0.1, -0.05) is 12.1 Å². The Hall–Kier alpha value is -2.24. The number of H-pyrrole nitrogens is 1. The fourth-order valence-electron chi connectivity index (χ4n) is 2.17. The van der Waals surface area contributed by atoms with E-state index in [4.69, 9.17) is 5.11 Å². The molecule has 3 rings (SSSR count). The molecule has 1 aliphatic carbocycles. The molecule has 0 spiro atoms. The molecule has 0 saturated heterocycles. The Labute approximate surface area is 105 Å². The van der Waals surface area contributed by atoms with Crippen molar-refractivity contribution >= 4 is 16.9 Å². The van der Waals surface area contributed by atoms with Crippen molar-refractivity contribution in [2.45, 2.75) is 18.3 Å². The Morgan fingerprint density at radius 2 is 2.05 bits per heavy atom. The van der Waals surface area contributed by atoms with Gasteiger partial charge in [-0.3, -0.25) is 4.79 Å². The maximum absolute atomic E-state index is 13.0. The maximum Gasteiger partial charge on any atom is 0.341 e. The maximum atomic E-state index is 13.0. The van der Waals surface area contributed by atoms with Crippen molar-refractivity contribution in [3.63, 3.8) is 0 Å². The summed E-state index contributed by atoms with van der Waals surface area (Å²) in [6, 6.07) is 5.80. The Kier molecular flexibility index (Phi) is 2.26. The van der Waals surface area contributed by atoms with Crippen molar-refractivity contribution in [3.05, 3.63) is 45.7 Å². The number of hydrogen-bond acceptors (Lipinski definition) is 2. The van der Waals surface area contributed by atoms with Crippen LogP contribution >= 0.6 is 0 Å². The number of aromatic nitrogens is 1. The number of carboxylic acids is 1. The molecule has 1 fully saturated rings. The normalized spacial score (nSPS) is 20.4. The van der Waals surface area contributed by atoms with Gasteiger partial charge in [0, 0.05) is 11.9 Å². The van der Waals surface area contributed by atoms with E-state index in [1.54, 1.807) is 6.07 Å². The molecule has 4 nitrogen and oxygen atoms in total. The molecule has 0 aliphatic heterocycles. The fourth-order valence-corrected chi connectivity index (χ4v) is 2.17. The number of benzene rings is 1. The van der Waals surface area contributed by atoms with Crippen LogP contribution in [0.1, 0.15) is 28.3 Å². The summed E-state index contributed by atoms with van der Waals surface area (Å²) in [4.78, 5) is 24.7. The van der Waals surface area contributed by atoms with Gasteiger partial charge in [0.1, 0.15) is 5.56 Å². The van der Waals surface area contributed by atoms with E-state index in [0.717, 1.165) is 0 Å². The van der Waals surface area contributed by atoms with E-state index in [-0.39, 0.29) is 12.0 Å². The summed E-state index contributed by atoms with van der Waals surface area (Å²) >= 11 is 0. The van der Waals surface area contributed by atoms with Gasteiger partial charge in [0.25, 0.3) is 11.5 Å². The van der Waals surface area contributed by atoms with Gasteiger partial charge in [-0.2, -0.15) is 0 Å². The van der Waals surface area contributed by atoms with Crippen LogP contribution < -0.4 is 5.56 Å². The van der Waals surface area contributed by atoms with Crippen LogP contribution in [0.3, 0.4) is 0 Å². The van der Waals surface area contributed by atoms with Crippen LogP contribution in [0.4, 0.5) is 8.78 Å². The minimum atomic E-state index is -2.67. The quantitative estimate of drug-likeness (QED) is 0.875. The van der Waals surface area contributed by atoms with Crippen LogP contribution in [0.5, 0.6) is 0 Å². The van der Waals surface area contributed by atoms with Crippen LogP contribution in [0.15, 0.2) is 29.1 Å². The molecule has 0 radical (unpaired) electrons. The number of aromatic amines is 1. The molecule has 1 aromatic carbocycles. The average Bonchev–Trinajstić information content (AvgIpc) is 2.96. The van der Waals surface area contributed by atoms with E-state index in [2.05, 4.69) is 4.98 Å². The molecule has 1 aliphatic rings. The number of hydrogen-bond donors (Lipinski definition) is 2. The highest BCUT2D eigenvalue weighted by atomic mass is 19.3. The molecule has 98 valence electrons. The predicted molar refractivity (Wildman–Crippen MR) is 63.8 cm³/mol. The van der Waals surface area contributed by atoms with Crippen LogP contribution in [0.25, 0.3) is 10.9 Å². The van der Waals surface area contributed by atoms with Gasteiger partial charge in [-0.15, -0.1) is 0 Å². The molecule has 1 aromatic heterocycles. The Morgan fingerprint density at radius 3 is 2.63 bits per heavy atom. The van der Waals surface area contributed by atoms with E-state index in [1.165, 1.54) is 18.2 Å². The summed E-state index contributed by atoms with van der Waals surface area (Å²) in [5.74, 6) is -4.80. The Bertz CT molecular complexity index is 751. The summed E-state index contributed by atoms with van der Waals surface area (Å²) in [7, 11) is 0. The molecule has 19 heavy (non-hydrogen) atoms. The average molecular weight is 265 g/mol. The van der Waals surface area contributed by atoms with Crippen LogP contribution in [0, 0.1) is 0 Å². The lowest BCUT2D eigenvalue weighted by molar-refractivity contribution is 0.0695. The van der Waals surface area contributed by atoms with Gasteiger partial charge < -0.3 is 10.1 Å². The number of carbonyl (C=O) groups is 1. The molecule has 1 heterocycles. The number of aromatic carboxylic acids is 1. The number of rotatable bonds is 2. The Balaban J connectivity index is 2.12. The second-order valence-electron chi connectivity index (χ2n) is 4.68. The summed E-state index contributed by atoms with van der Waals surface area (Å²) in [6.45, 7) is 0. The minimum Gasteiger partial charge on any atom is -0.477 e. The van der Waals surface area contributed by atoms with Gasteiger partial charge >= 0.3 is 5.97 Å². The summed E-state index contributed by atoms with van der Waals surface area (Å²) < 4.78 is 26.0. The smallest absolute Gasteiger partial charge is 0.341 e. The zero-order valence-corrected chi connectivity index (χ0v) is 9.61. The third kappa shape index (κ3) is 1.89. The number of nitrogens with one attached hydrogen (secondary N) is 1. The standard InChI is InChI=1S/C13H9F2NO3/c14-13(15)5-9(13)6-1-2-7-3-8(12(18)19)11(17)16-10(7)4-6/h1-4,9H,5H2,(H,16,17)(H,18,19). The van der Waals surface area contributed by atoms with E-state index in [1.807, 2.05) is 0 Å². The van der Waals surface area contributed by atoms with Gasteiger partial charge in [-0.25, -0.2) is 13.6 Å². The molecule has 6 heteroatoms. The molecule has 1 unspecified atom stereocenters. The molecule has 0 amide bonds. The third-order valence-corrected chi connectivity index (χ3v) is 3.33. The lowest BCUT2D eigenvalue weighted by Gasteiger charge is -2.04. The van der Waals surface area contributed by atoms with E-state index in [9.17, 15) is 18.4 Å². The zero-order valence-electron chi connectivity index (χ0n) is 9.61. The van der Waals surface area contributed by atoms with Crippen molar-refractivity contribution in [1.29, 1.82) is 0 Å². The highest BCUT2D eigenvalue weighted by Gasteiger charge is 2.57. The topological polar surface area (TPSA) is 70.2 Å². The number of halogens is 2. The highest BCUT2D eigenvalue weighted by molar-refractivity contribution is 5.92. The zero-order chi connectivity index (χ0) is 13.8. The van der Waals surface area contributed by atoms with Crippen LogP contribution in [0.2, 0.25) is 0 Å². The third-order valence-electron chi connectivity index (χ3n) is 3.33. The van der Waals surface area contributed by atoms with Gasteiger partial charge in [0.15, 0.2) is 0 Å². The van der Waals surface area contributed by atoms with E-state index < -0.39 is 23.4 Å². The molecule has 1 saturated carbocycles. The molecule has 0 bridgehead atoms. The molecular formula is C13H9F2NO3.